The molecule has 0 heterocycles. The van der Waals surface area contributed by atoms with Crippen molar-refractivity contribution in [2.75, 3.05) is 13.7 Å². The highest BCUT2D eigenvalue weighted by Crippen LogP contribution is 2.19. The molecule has 10 rings (SSSR count). The third-order valence-corrected chi connectivity index (χ3v) is 17.1. The van der Waals surface area contributed by atoms with Crippen LogP contribution in [0.3, 0.4) is 0 Å². The first-order valence-corrected chi connectivity index (χ1v) is 38.9. The maximum absolute atomic E-state index is 13.0. The van der Waals surface area contributed by atoms with E-state index in [1.54, 1.807) is 50.4 Å². The van der Waals surface area contributed by atoms with Gasteiger partial charge in [-0.1, -0.05) is 203 Å². The van der Waals surface area contributed by atoms with Gasteiger partial charge in [0.15, 0.2) is 0 Å². The van der Waals surface area contributed by atoms with Crippen LogP contribution in [0.2, 0.25) is 5.02 Å². The highest BCUT2D eigenvalue weighted by Gasteiger charge is 2.10. The SMILES string of the molecule is CCOc1ccc(C[C@H](N)C=O)cc1.COc1ccc(C[C@H](N)C=O)cc1.Cc1ccc(C[C@H](N)C=O)cc1.Cc1ccc(C[C@H](N)C=O)cc1F.N[C@H](C=O)Cc1ccc(Br)cc1.N[C@H](C=O)Cc1ccc(Cl)cc1.N[C@H](C=O)Cc1ccc(F)cc1.N[C@H](C=O)Cc1ccc(OCc2ccccc2)cc1.N[C@H](C=O)Cc1ccccc1. The molecule has 18 N–H and O–H groups in total. The second-order valence-corrected chi connectivity index (χ2v) is 28.2. The van der Waals surface area contributed by atoms with Gasteiger partial charge in [0.25, 0.3) is 0 Å². The summed E-state index contributed by atoms with van der Waals surface area (Å²) in [6.45, 7) is 6.87. The lowest BCUT2D eigenvalue weighted by Crippen LogP contribution is -2.24. The van der Waals surface area contributed by atoms with Crippen molar-refractivity contribution in [3.05, 3.63) is 337 Å². The van der Waals surface area contributed by atoms with Gasteiger partial charge >= 0.3 is 0 Å². The molecule has 0 amide bonds. The van der Waals surface area contributed by atoms with Crippen LogP contribution >= 0.6 is 27.5 Å². The molecular formula is C93H111BrClF2N9O12. The number of methoxy groups -OCH3 is 1. The van der Waals surface area contributed by atoms with Crippen LogP contribution in [-0.2, 0) is 108 Å². The summed E-state index contributed by atoms with van der Waals surface area (Å²) in [5.41, 5.74) is 61.2. The van der Waals surface area contributed by atoms with Crippen LogP contribution in [-0.4, -0.2) is 125 Å². The number of carbonyl (C=O) groups is 9. The molecule has 628 valence electrons. The van der Waals surface area contributed by atoms with E-state index in [0.717, 1.165) is 121 Å². The van der Waals surface area contributed by atoms with E-state index in [1.807, 2.05) is 208 Å². The second-order valence-electron chi connectivity index (χ2n) is 26.8. The van der Waals surface area contributed by atoms with Crippen molar-refractivity contribution < 1.29 is 66.1 Å². The summed E-state index contributed by atoms with van der Waals surface area (Å²) in [7, 11) is 1.62. The highest BCUT2D eigenvalue weighted by molar-refractivity contribution is 9.10. The average Bonchev–Trinajstić information content (AvgIpc) is 0.884. The topological polar surface area (TPSA) is 415 Å². The summed E-state index contributed by atoms with van der Waals surface area (Å²) in [5, 5.41) is 0.693. The summed E-state index contributed by atoms with van der Waals surface area (Å²) < 4.78 is 42.4. The Bertz CT molecular complexity index is 4170. The van der Waals surface area contributed by atoms with Gasteiger partial charge in [0.05, 0.1) is 68.1 Å². The molecule has 0 aliphatic rings. The predicted molar refractivity (Wildman–Crippen MR) is 468 cm³/mol. The van der Waals surface area contributed by atoms with Crippen LogP contribution in [0.5, 0.6) is 17.2 Å². The third kappa shape index (κ3) is 49.1. The van der Waals surface area contributed by atoms with Crippen LogP contribution in [0, 0.1) is 25.5 Å². The molecule has 0 aliphatic heterocycles. The molecule has 0 aliphatic carbocycles. The molecule has 9 atom stereocenters. The third-order valence-electron chi connectivity index (χ3n) is 16.3. The minimum atomic E-state index is -0.540. The fourth-order valence-electron chi connectivity index (χ4n) is 9.96. The highest BCUT2D eigenvalue weighted by atomic mass is 79.9. The van der Waals surface area contributed by atoms with Gasteiger partial charge in [0.1, 0.15) is 92.1 Å². The van der Waals surface area contributed by atoms with Gasteiger partial charge < -0.3 is 109 Å². The lowest BCUT2D eigenvalue weighted by Gasteiger charge is -2.08. The Labute approximate surface area is 704 Å². The van der Waals surface area contributed by atoms with Gasteiger partial charge in [0, 0.05) is 9.50 Å². The molecule has 0 spiro atoms. The maximum Gasteiger partial charge on any atom is 0.137 e. The Morgan fingerprint density at radius 3 is 0.881 bits per heavy atom. The van der Waals surface area contributed by atoms with Crippen molar-refractivity contribution in [3.63, 3.8) is 0 Å². The largest absolute Gasteiger partial charge is 0.497 e. The number of benzene rings is 10. The van der Waals surface area contributed by atoms with E-state index >= 15 is 0 Å². The van der Waals surface area contributed by atoms with Crippen molar-refractivity contribution in [2.45, 2.75) is 140 Å². The molecule has 118 heavy (non-hydrogen) atoms. The summed E-state index contributed by atoms with van der Waals surface area (Å²) in [4.78, 5) is 92.4. The summed E-state index contributed by atoms with van der Waals surface area (Å²) in [6, 6.07) is 72.7. The fraction of sp³-hybridized carbons (Fsp3) is 0.258. The van der Waals surface area contributed by atoms with E-state index in [-0.39, 0.29) is 29.8 Å². The van der Waals surface area contributed by atoms with Crippen LogP contribution < -0.4 is 65.8 Å². The predicted octanol–water partition coefficient (Wildman–Crippen LogP) is 11.1. The van der Waals surface area contributed by atoms with E-state index in [9.17, 15) is 51.9 Å². The quantitative estimate of drug-likeness (QED) is 0.0173. The first kappa shape index (κ1) is 103. The van der Waals surface area contributed by atoms with Crippen LogP contribution in [0.15, 0.2) is 253 Å². The number of hydrogen-bond donors (Lipinski definition) is 9. The number of aryl methyl sites for hydroxylation is 2. The van der Waals surface area contributed by atoms with E-state index in [4.69, 9.17) is 77.4 Å². The number of aldehydes is 9. The summed E-state index contributed by atoms with van der Waals surface area (Å²) in [6.07, 6.45) is 11.7. The summed E-state index contributed by atoms with van der Waals surface area (Å²) in [5.74, 6) is 1.93. The molecule has 0 fully saturated rings. The van der Waals surface area contributed by atoms with Gasteiger partial charge in [-0.05, 0) is 219 Å². The molecule has 21 nitrogen and oxygen atoms in total. The Hall–Kier alpha value is -11.1. The van der Waals surface area contributed by atoms with E-state index in [2.05, 4.69) is 15.9 Å². The maximum atomic E-state index is 13.0. The normalized spacial score (nSPS) is 12.3. The van der Waals surface area contributed by atoms with Gasteiger partial charge in [0.2, 0.25) is 0 Å². The Balaban J connectivity index is 0.000000452. The molecule has 25 heteroatoms. The molecule has 0 bridgehead atoms. The first-order valence-electron chi connectivity index (χ1n) is 37.7. The molecular weight excluding hydrogens is 1590 g/mol. The van der Waals surface area contributed by atoms with Gasteiger partial charge in [-0.25, -0.2) is 8.78 Å². The van der Waals surface area contributed by atoms with Crippen LogP contribution in [0.25, 0.3) is 0 Å². The van der Waals surface area contributed by atoms with E-state index in [1.165, 1.54) is 23.8 Å². The van der Waals surface area contributed by atoms with E-state index < -0.39 is 36.3 Å². The van der Waals surface area contributed by atoms with Crippen molar-refractivity contribution in [1.82, 2.24) is 0 Å². The number of halogens is 4. The zero-order valence-corrected chi connectivity index (χ0v) is 69.3. The fourth-order valence-corrected chi connectivity index (χ4v) is 10.3. The number of carbonyl (C=O) groups excluding carboxylic acids is 9. The number of hydrogen-bond acceptors (Lipinski definition) is 21. The average molecular weight is 1700 g/mol. The minimum Gasteiger partial charge on any atom is -0.497 e. The zero-order chi connectivity index (χ0) is 87.4. The lowest BCUT2D eigenvalue weighted by atomic mass is 10.1. The smallest absolute Gasteiger partial charge is 0.137 e. The lowest BCUT2D eigenvalue weighted by molar-refractivity contribution is -0.109. The molecule has 0 saturated carbocycles. The first-order chi connectivity index (χ1) is 56.6. The molecule has 0 unspecified atom stereocenters. The van der Waals surface area contributed by atoms with Crippen molar-refractivity contribution in [3.8, 4) is 17.2 Å². The standard InChI is InChI=1S/C16H17NO2.C11H15NO2.C10H12FNO.C10H13NO2.C10H13NO.C9H10BrNO.C9H10ClNO.C9H10FNO.C9H11NO/c17-15(11-18)10-13-6-8-16(9-7-13)19-12-14-4-2-1-3-5-14;1-2-14-11-5-3-9(4-6-11)7-10(12)8-13;1-7-2-3-8(5-10(7)11)4-9(12)6-13;1-13-10-4-2-8(3-5-10)6-9(11)7-12;1-8-2-4-9(5-3-8)6-10(11)7-12;3*10-8-3-1-7(2-4-8)5-9(11)6-12;10-9(7-11)6-8-4-2-1-3-5-8/h1-9,11,15H,10,12,17H2;3-6,8,10H,2,7,12H2,1H3;2-3,5-6,9H,4,12H2,1H3;2-5,7,9H,6,11H2,1H3;2-5,7,10H,6,11H2,1H3;3*1-4,6,9H,5,11H2;1-5,7,9H,6,10H2/t15-;10-;2*9-;10-;4*9-/m000000000/s1. The second kappa shape index (κ2) is 62.2. The van der Waals surface area contributed by atoms with Gasteiger partial charge in [-0.3, -0.25) is 0 Å². The monoisotopic (exact) mass is 1700 g/mol. The molecule has 10 aromatic rings. The number of rotatable bonds is 33. The Morgan fingerprint density at radius 2 is 0.576 bits per heavy atom. The zero-order valence-electron chi connectivity index (χ0n) is 66.9. The minimum absolute atomic E-state index is 0.254. The van der Waals surface area contributed by atoms with Crippen LogP contribution in [0.1, 0.15) is 73.7 Å². The molecule has 0 radical (unpaired) electrons. The van der Waals surface area contributed by atoms with E-state index in [0.29, 0.717) is 94.2 Å². The van der Waals surface area contributed by atoms with Crippen molar-refractivity contribution >= 4 is 84.1 Å². The van der Waals surface area contributed by atoms with Crippen LogP contribution in [0.4, 0.5) is 8.78 Å². The molecule has 0 aromatic heterocycles. The molecule has 0 saturated heterocycles. The number of nitrogens with two attached hydrogens (primary N) is 9. The van der Waals surface area contributed by atoms with Crippen molar-refractivity contribution in [2.24, 2.45) is 51.6 Å². The van der Waals surface area contributed by atoms with Gasteiger partial charge in [-0.2, -0.15) is 0 Å². The number of ether oxygens (including phenoxy) is 3. The van der Waals surface area contributed by atoms with Gasteiger partial charge in [-0.15, -0.1) is 0 Å². The summed E-state index contributed by atoms with van der Waals surface area (Å²) >= 11 is 9.01. The Morgan fingerprint density at radius 1 is 0.322 bits per heavy atom. The molecule has 10 aromatic carbocycles. The van der Waals surface area contributed by atoms with Crippen molar-refractivity contribution in [1.29, 1.82) is 0 Å². The Kier molecular flexibility index (Phi) is 54.3.